The summed E-state index contributed by atoms with van der Waals surface area (Å²) in [7, 11) is 0. The number of carbonyl (C=O) groups is 1. The van der Waals surface area contributed by atoms with Crippen LogP contribution in [0.25, 0.3) is 5.65 Å². The lowest BCUT2D eigenvalue weighted by atomic mass is 9.96. The van der Waals surface area contributed by atoms with Crippen molar-refractivity contribution in [3.63, 3.8) is 0 Å². The lowest BCUT2D eigenvalue weighted by Crippen LogP contribution is -2.39. The number of likely N-dealkylation sites (tertiary alicyclic amines) is 1. The number of carbonyl (C=O) groups excluding carboxylic acids is 1. The zero-order chi connectivity index (χ0) is 18.6. The van der Waals surface area contributed by atoms with Crippen LogP contribution in [0.2, 0.25) is 0 Å². The average Bonchev–Trinajstić information content (AvgIpc) is 3.16. The number of aromatic nitrogens is 3. The van der Waals surface area contributed by atoms with Gasteiger partial charge in [-0.2, -0.15) is 0 Å². The number of hydrogen-bond acceptors (Lipinski definition) is 4. The van der Waals surface area contributed by atoms with Crippen LogP contribution in [0.15, 0.2) is 61.3 Å². The molecule has 1 saturated heterocycles. The van der Waals surface area contributed by atoms with E-state index < -0.39 is 0 Å². The third-order valence-electron chi connectivity index (χ3n) is 4.88. The highest BCUT2D eigenvalue weighted by atomic mass is 16.5. The maximum atomic E-state index is 12.9. The summed E-state index contributed by atoms with van der Waals surface area (Å²) in [5, 5.41) is 8.62. The van der Waals surface area contributed by atoms with Gasteiger partial charge in [0.1, 0.15) is 18.2 Å². The van der Waals surface area contributed by atoms with Crippen LogP contribution in [0.1, 0.15) is 34.9 Å². The molecule has 3 heterocycles. The molecule has 1 fully saturated rings. The van der Waals surface area contributed by atoms with E-state index in [0.29, 0.717) is 18.7 Å². The molecule has 4 rings (SSSR count). The van der Waals surface area contributed by atoms with E-state index in [1.807, 2.05) is 58.0 Å². The number of ether oxygens (including phenoxy) is 1. The van der Waals surface area contributed by atoms with E-state index in [1.54, 1.807) is 6.08 Å². The topological polar surface area (TPSA) is 59.7 Å². The van der Waals surface area contributed by atoms with Crippen molar-refractivity contribution in [2.45, 2.75) is 18.8 Å². The Labute approximate surface area is 158 Å². The summed E-state index contributed by atoms with van der Waals surface area (Å²) < 4.78 is 7.50. The number of pyridine rings is 1. The fourth-order valence-corrected chi connectivity index (χ4v) is 3.54. The summed E-state index contributed by atoms with van der Waals surface area (Å²) in [6.45, 7) is 5.51. The molecule has 0 radical (unpaired) electrons. The van der Waals surface area contributed by atoms with Crippen LogP contribution in [0, 0.1) is 0 Å². The zero-order valence-corrected chi connectivity index (χ0v) is 15.1. The molecule has 0 saturated carbocycles. The minimum Gasteiger partial charge on any atom is -0.490 e. The highest BCUT2D eigenvalue weighted by Crippen LogP contribution is 2.27. The van der Waals surface area contributed by atoms with Crippen LogP contribution in [-0.4, -0.2) is 45.1 Å². The molecule has 0 spiro atoms. The van der Waals surface area contributed by atoms with Gasteiger partial charge in [0.25, 0.3) is 5.91 Å². The van der Waals surface area contributed by atoms with Gasteiger partial charge in [0, 0.05) is 30.8 Å². The number of hydrogen-bond donors (Lipinski definition) is 0. The Balaban J connectivity index is 1.49. The van der Waals surface area contributed by atoms with Crippen LogP contribution in [0.3, 0.4) is 0 Å². The van der Waals surface area contributed by atoms with Crippen molar-refractivity contribution in [3.8, 4) is 5.75 Å². The second-order valence-corrected chi connectivity index (χ2v) is 6.70. The highest BCUT2D eigenvalue weighted by Gasteiger charge is 2.28. The van der Waals surface area contributed by atoms with Crippen LogP contribution in [-0.2, 0) is 0 Å². The van der Waals surface area contributed by atoms with Crippen LogP contribution in [0.4, 0.5) is 0 Å². The van der Waals surface area contributed by atoms with E-state index in [0.717, 1.165) is 36.6 Å². The maximum Gasteiger partial charge on any atom is 0.253 e. The molecule has 27 heavy (non-hydrogen) atoms. The molecule has 1 aliphatic heterocycles. The molecule has 1 atom stereocenters. The summed E-state index contributed by atoms with van der Waals surface area (Å²) in [5.41, 5.74) is 1.51. The number of piperidine rings is 1. The van der Waals surface area contributed by atoms with Crippen molar-refractivity contribution in [1.82, 2.24) is 19.5 Å². The van der Waals surface area contributed by atoms with Crippen LogP contribution >= 0.6 is 0 Å². The number of nitrogens with zero attached hydrogens (tertiary/aromatic N) is 4. The molecule has 138 valence electrons. The van der Waals surface area contributed by atoms with Gasteiger partial charge in [0.2, 0.25) is 0 Å². The van der Waals surface area contributed by atoms with Gasteiger partial charge in [-0.25, -0.2) is 0 Å². The van der Waals surface area contributed by atoms with Crippen LogP contribution < -0.4 is 4.74 Å². The first-order valence-corrected chi connectivity index (χ1v) is 9.19. The van der Waals surface area contributed by atoms with Crippen LogP contribution in [0.5, 0.6) is 5.75 Å². The molecule has 0 bridgehead atoms. The summed E-state index contributed by atoms with van der Waals surface area (Å²) in [6, 6.07) is 13.1. The van der Waals surface area contributed by atoms with Crippen molar-refractivity contribution in [3.05, 3.63) is 72.7 Å². The monoisotopic (exact) mass is 362 g/mol. The van der Waals surface area contributed by atoms with Gasteiger partial charge >= 0.3 is 0 Å². The second kappa shape index (κ2) is 7.61. The fourth-order valence-electron chi connectivity index (χ4n) is 3.54. The molecular formula is C21H22N4O2. The van der Waals surface area contributed by atoms with Gasteiger partial charge in [-0.15, -0.1) is 10.2 Å². The molecule has 1 amide bonds. The first-order chi connectivity index (χ1) is 13.3. The Morgan fingerprint density at radius 3 is 2.89 bits per heavy atom. The average molecular weight is 362 g/mol. The molecule has 1 aliphatic rings. The first kappa shape index (κ1) is 17.3. The lowest BCUT2D eigenvalue weighted by molar-refractivity contribution is 0.0704. The first-order valence-electron chi connectivity index (χ1n) is 9.19. The second-order valence-electron chi connectivity index (χ2n) is 6.70. The van der Waals surface area contributed by atoms with Crippen molar-refractivity contribution in [2.24, 2.45) is 0 Å². The minimum absolute atomic E-state index is 0.0452. The van der Waals surface area contributed by atoms with E-state index in [9.17, 15) is 4.79 Å². The number of amides is 1. The van der Waals surface area contributed by atoms with E-state index >= 15 is 0 Å². The largest absolute Gasteiger partial charge is 0.490 e. The standard InChI is InChI=1S/C21H22N4O2/c1-2-14-27-18-10-8-16(9-11-18)21(26)24-12-5-6-17(15-24)20-23-22-19-7-3-4-13-25(19)20/h2-4,7-11,13,17H,1,5-6,12,14-15H2. The predicted molar refractivity (Wildman–Crippen MR) is 103 cm³/mol. The van der Waals surface area contributed by atoms with Crippen molar-refractivity contribution in [2.75, 3.05) is 19.7 Å². The minimum atomic E-state index is 0.0452. The molecular weight excluding hydrogens is 340 g/mol. The molecule has 3 aromatic rings. The van der Waals surface area contributed by atoms with E-state index in [1.165, 1.54) is 0 Å². The Morgan fingerprint density at radius 1 is 1.22 bits per heavy atom. The molecule has 0 N–H and O–H groups in total. The van der Waals surface area contributed by atoms with Gasteiger partial charge in [0.15, 0.2) is 5.65 Å². The summed E-state index contributed by atoms with van der Waals surface area (Å²) in [4.78, 5) is 14.8. The van der Waals surface area contributed by atoms with E-state index in [4.69, 9.17) is 4.74 Å². The highest BCUT2D eigenvalue weighted by molar-refractivity contribution is 5.94. The van der Waals surface area contributed by atoms with E-state index in [2.05, 4.69) is 16.8 Å². The predicted octanol–water partition coefficient (Wildman–Crippen LogP) is 3.31. The van der Waals surface area contributed by atoms with Gasteiger partial charge in [-0.1, -0.05) is 18.7 Å². The summed E-state index contributed by atoms with van der Waals surface area (Å²) >= 11 is 0. The Kier molecular flexibility index (Phi) is 4.87. The molecule has 1 aromatic carbocycles. The van der Waals surface area contributed by atoms with Gasteiger partial charge < -0.3 is 9.64 Å². The lowest BCUT2D eigenvalue weighted by Gasteiger charge is -2.32. The van der Waals surface area contributed by atoms with Crippen molar-refractivity contribution < 1.29 is 9.53 Å². The Morgan fingerprint density at radius 2 is 2.07 bits per heavy atom. The van der Waals surface area contributed by atoms with E-state index in [-0.39, 0.29) is 11.8 Å². The van der Waals surface area contributed by atoms with Gasteiger partial charge in [-0.3, -0.25) is 9.20 Å². The molecule has 0 aliphatic carbocycles. The Hall–Kier alpha value is -3.15. The number of rotatable bonds is 5. The summed E-state index contributed by atoms with van der Waals surface area (Å²) in [5.74, 6) is 1.90. The smallest absolute Gasteiger partial charge is 0.253 e. The third kappa shape index (κ3) is 3.56. The summed E-state index contributed by atoms with van der Waals surface area (Å²) in [6.07, 6.45) is 5.64. The number of benzene rings is 1. The molecule has 1 unspecified atom stereocenters. The Bertz CT molecular complexity index is 948. The maximum absolute atomic E-state index is 12.9. The fraction of sp³-hybridized carbons (Fsp3) is 0.286. The third-order valence-corrected chi connectivity index (χ3v) is 4.88. The normalized spacial score (nSPS) is 17.0. The SMILES string of the molecule is C=CCOc1ccc(C(=O)N2CCCC(c3nnc4ccccn34)C2)cc1. The molecule has 6 heteroatoms. The van der Waals surface area contributed by atoms with Crippen molar-refractivity contribution in [1.29, 1.82) is 0 Å². The van der Waals surface area contributed by atoms with Gasteiger partial charge in [0.05, 0.1) is 0 Å². The van der Waals surface area contributed by atoms with Gasteiger partial charge in [-0.05, 0) is 49.2 Å². The number of fused-ring (bicyclic) bond motifs is 1. The zero-order valence-electron chi connectivity index (χ0n) is 15.1. The quantitative estimate of drug-likeness (QED) is 0.654. The molecule has 2 aromatic heterocycles. The van der Waals surface area contributed by atoms with Crippen molar-refractivity contribution >= 4 is 11.6 Å². The molecule has 6 nitrogen and oxygen atoms in total.